The first-order valence-electron chi connectivity index (χ1n) is 10.7. The lowest BCUT2D eigenvalue weighted by Gasteiger charge is -2.21. The van der Waals surface area contributed by atoms with Crippen LogP contribution >= 0.6 is 0 Å². The Morgan fingerprint density at radius 3 is 2.38 bits per heavy atom. The maximum absolute atomic E-state index is 12.5. The van der Waals surface area contributed by atoms with Crippen molar-refractivity contribution in [1.29, 1.82) is 0 Å². The minimum atomic E-state index is -1.08. The van der Waals surface area contributed by atoms with E-state index in [4.69, 9.17) is 14.2 Å². The van der Waals surface area contributed by atoms with Crippen LogP contribution in [-0.2, 0) is 25.7 Å². The molecule has 2 aromatic carbocycles. The summed E-state index contributed by atoms with van der Waals surface area (Å²) in [6, 6.07) is 19.1. The van der Waals surface area contributed by atoms with Crippen LogP contribution in [0, 0.1) is 5.92 Å². The summed E-state index contributed by atoms with van der Waals surface area (Å²) in [6.45, 7) is 0.231. The number of carbonyl (C=O) groups is 1. The molecule has 4 atom stereocenters. The third kappa shape index (κ3) is 5.49. The number of nitrogens with zero attached hydrogens (tertiary/aromatic N) is 1. The topological polar surface area (TPSA) is 129 Å². The van der Waals surface area contributed by atoms with Gasteiger partial charge in [-0.3, -0.25) is 19.6 Å². The maximum atomic E-state index is 12.5. The van der Waals surface area contributed by atoms with Crippen LogP contribution in [0.3, 0.4) is 0 Å². The molecule has 4 rings (SSSR count). The van der Waals surface area contributed by atoms with Gasteiger partial charge in [-0.25, -0.2) is 14.5 Å². The van der Waals surface area contributed by atoms with Crippen molar-refractivity contribution in [3.63, 3.8) is 0 Å². The fourth-order valence-electron chi connectivity index (χ4n) is 3.82. The number of benzene rings is 2. The predicted octanol–water partition coefficient (Wildman–Crippen LogP) is 1.98. The number of rotatable bonds is 9. The Kier molecular flexibility index (Phi) is 7.65. The molecule has 178 valence electrons. The molecular weight excluding hydrogens is 444 g/mol. The first kappa shape index (κ1) is 23.6. The smallest absolute Gasteiger partial charge is 0.338 e. The van der Waals surface area contributed by atoms with Crippen molar-refractivity contribution in [3.8, 4) is 0 Å². The zero-order valence-electron chi connectivity index (χ0n) is 18.1. The highest BCUT2D eigenvalue weighted by Crippen LogP contribution is 2.36. The van der Waals surface area contributed by atoms with Crippen LogP contribution in [-0.4, -0.2) is 46.2 Å². The lowest BCUT2D eigenvalue weighted by Crippen LogP contribution is -2.38. The quantitative estimate of drug-likeness (QED) is 0.277. The number of carbonyl (C=O) groups excluding carboxylic acids is 1. The molecule has 0 radical (unpaired) electrons. The number of ether oxygens (including phenoxy) is 3. The second kappa shape index (κ2) is 11.0. The summed E-state index contributed by atoms with van der Waals surface area (Å²) in [6.07, 6.45) is -1.59. The normalized spacial score (nSPS) is 21.9. The molecule has 10 nitrogen and oxygen atoms in total. The highest BCUT2D eigenvalue weighted by atomic mass is 17.1. The van der Waals surface area contributed by atoms with Crippen LogP contribution < -0.4 is 11.2 Å². The van der Waals surface area contributed by atoms with E-state index in [9.17, 15) is 19.6 Å². The molecule has 10 heteroatoms. The van der Waals surface area contributed by atoms with Crippen molar-refractivity contribution in [2.45, 2.75) is 25.0 Å². The Morgan fingerprint density at radius 2 is 1.71 bits per heavy atom. The number of H-pyrrole nitrogens is 1. The molecule has 1 fully saturated rings. The molecule has 1 aliphatic heterocycles. The molecule has 0 amide bonds. The highest BCUT2D eigenvalue weighted by Gasteiger charge is 2.48. The van der Waals surface area contributed by atoms with Gasteiger partial charge in [0.25, 0.3) is 5.56 Å². The summed E-state index contributed by atoms with van der Waals surface area (Å²) in [5, 5.41) is 9.67. The van der Waals surface area contributed by atoms with Crippen molar-refractivity contribution in [2.75, 3.05) is 13.2 Å². The van der Waals surface area contributed by atoms with Crippen LogP contribution in [0.25, 0.3) is 0 Å². The Hall–Kier alpha value is -3.57. The zero-order valence-corrected chi connectivity index (χ0v) is 18.1. The third-order valence-corrected chi connectivity index (χ3v) is 5.55. The molecule has 1 aromatic heterocycles. The highest BCUT2D eigenvalue weighted by molar-refractivity contribution is 5.89. The van der Waals surface area contributed by atoms with E-state index >= 15 is 0 Å². The average Bonchev–Trinajstić information content (AvgIpc) is 3.20. The van der Waals surface area contributed by atoms with E-state index in [0.717, 1.165) is 16.2 Å². The first-order chi connectivity index (χ1) is 16.6. The van der Waals surface area contributed by atoms with E-state index in [-0.39, 0.29) is 13.2 Å². The van der Waals surface area contributed by atoms with E-state index in [0.29, 0.717) is 12.2 Å². The van der Waals surface area contributed by atoms with Gasteiger partial charge in [-0.2, -0.15) is 0 Å². The summed E-state index contributed by atoms with van der Waals surface area (Å²) in [5.41, 5.74) is 0.0197. The standard InChI is InChI=1S/C24H24N2O8/c27-20-11-12-26(24(29)25-20)22-21(34-30)18(14-32-23(28)17-9-5-2-6-10-17)19(33-22)15-31-13-16-7-3-1-4-8-16/h1-12,18-19,21-22,30H,13-15H2,(H,25,27,29)/t18-,19-,21-,22-/m1/s1. The maximum Gasteiger partial charge on any atom is 0.338 e. The largest absolute Gasteiger partial charge is 0.462 e. The number of hydrogen-bond acceptors (Lipinski definition) is 8. The minimum absolute atomic E-state index is 0.0803. The Bertz CT molecular complexity index is 1190. The zero-order chi connectivity index (χ0) is 23.9. The Labute approximate surface area is 194 Å². The van der Waals surface area contributed by atoms with Gasteiger partial charge in [0, 0.05) is 12.3 Å². The number of hydrogen-bond donors (Lipinski definition) is 2. The van der Waals surface area contributed by atoms with Crippen molar-refractivity contribution >= 4 is 5.97 Å². The van der Waals surface area contributed by atoms with Gasteiger partial charge >= 0.3 is 11.7 Å². The molecule has 0 unspecified atom stereocenters. The third-order valence-electron chi connectivity index (χ3n) is 5.55. The van der Waals surface area contributed by atoms with Gasteiger partial charge in [-0.15, -0.1) is 0 Å². The number of aromatic nitrogens is 2. The lowest BCUT2D eigenvalue weighted by molar-refractivity contribution is -0.302. The predicted molar refractivity (Wildman–Crippen MR) is 119 cm³/mol. The second-order valence-electron chi connectivity index (χ2n) is 7.78. The molecule has 0 aliphatic carbocycles. The van der Waals surface area contributed by atoms with Gasteiger partial charge in [0.05, 0.1) is 37.4 Å². The van der Waals surface area contributed by atoms with Crippen LogP contribution in [0.15, 0.2) is 82.5 Å². The van der Waals surface area contributed by atoms with E-state index < -0.39 is 41.6 Å². The summed E-state index contributed by atoms with van der Waals surface area (Å²) in [4.78, 5) is 43.1. The number of aromatic amines is 1. The van der Waals surface area contributed by atoms with Crippen molar-refractivity contribution < 1.29 is 29.1 Å². The molecule has 1 aliphatic rings. The van der Waals surface area contributed by atoms with Crippen LogP contribution in [0.5, 0.6) is 0 Å². The number of nitrogens with one attached hydrogen (secondary N) is 1. The summed E-state index contributed by atoms with van der Waals surface area (Å²) >= 11 is 0. The molecule has 0 bridgehead atoms. The van der Waals surface area contributed by atoms with Gasteiger partial charge in [0.1, 0.15) is 6.10 Å². The Morgan fingerprint density at radius 1 is 1.00 bits per heavy atom. The molecule has 2 N–H and O–H groups in total. The summed E-state index contributed by atoms with van der Waals surface area (Å²) in [5.74, 6) is -1.22. The fourth-order valence-corrected chi connectivity index (χ4v) is 3.82. The molecule has 34 heavy (non-hydrogen) atoms. The molecule has 2 heterocycles. The fraction of sp³-hybridized carbons (Fsp3) is 0.292. The minimum Gasteiger partial charge on any atom is -0.462 e. The molecule has 3 aromatic rings. The monoisotopic (exact) mass is 468 g/mol. The molecular formula is C24H24N2O8. The van der Waals surface area contributed by atoms with E-state index in [1.807, 2.05) is 30.3 Å². The summed E-state index contributed by atoms with van der Waals surface area (Å²) < 4.78 is 18.4. The van der Waals surface area contributed by atoms with E-state index in [2.05, 4.69) is 9.87 Å². The van der Waals surface area contributed by atoms with Gasteiger partial charge in [0.15, 0.2) is 6.23 Å². The Balaban J connectivity index is 1.52. The number of esters is 1. The molecule has 0 spiro atoms. The van der Waals surface area contributed by atoms with Crippen molar-refractivity contribution in [2.24, 2.45) is 5.92 Å². The second-order valence-corrected chi connectivity index (χ2v) is 7.78. The molecule has 1 saturated heterocycles. The van der Waals surface area contributed by atoms with Crippen LogP contribution in [0.4, 0.5) is 0 Å². The molecule has 0 saturated carbocycles. The summed E-state index contributed by atoms with van der Waals surface area (Å²) in [7, 11) is 0. The van der Waals surface area contributed by atoms with E-state index in [1.165, 1.54) is 6.20 Å². The van der Waals surface area contributed by atoms with Crippen molar-refractivity contribution in [1.82, 2.24) is 9.55 Å². The van der Waals surface area contributed by atoms with Crippen LogP contribution in [0.1, 0.15) is 22.1 Å². The van der Waals surface area contributed by atoms with Crippen molar-refractivity contribution in [3.05, 3.63) is 105 Å². The lowest BCUT2D eigenvalue weighted by atomic mass is 9.99. The van der Waals surface area contributed by atoms with Crippen LogP contribution in [0.2, 0.25) is 0 Å². The SMILES string of the molecule is O=C(OC[C@H]1[C@@H](OO)[C@H](n2ccc(=O)[nH]c2=O)O[C@@H]1COCc1ccccc1)c1ccccc1. The van der Waals surface area contributed by atoms with Gasteiger partial charge < -0.3 is 14.2 Å². The van der Waals surface area contributed by atoms with Gasteiger partial charge in [-0.1, -0.05) is 48.5 Å². The van der Waals surface area contributed by atoms with Gasteiger partial charge in [-0.05, 0) is 17.7 Å². The van der Waals surface area contributed by atoms with Gasteiger partial charge in [0.2, 0.25) is 0 Å². The average molecular weight is 468 g/mol. The van der Waals surface area contributed by atoms with E-state index in [1.54, 1.807) is 30.3 Å². The first-order valence-corrected chi connectivity index (χ1v) is 10.7.